The molecule has 0 spiro atoms. The van der Waals surface area contributed by atoms with Crippen LogP contribution in [0.4, 0.5) is 5.69 Å². The zero-order chi connectivity index (χ0) is 21.9. The number of amides is 1. The number of hydrogen-bond donors (Lipinski definition) is 2. The van der Waals surface area contributed by atoms with Crippen LogP contribution in [-0.2, 0) is 18.9 Å². The number of methoxy groups -OCH3 is 1. The third-order valence-corrected chi connectivity index (χ3v) is 5.89. The largest absolute Gasteiger partial charge is 0.497 e. The molecule has 0 saturated carbocycles. The maximum absolute atomic E-state index is 13.2. The van der Waals surface area contributed by atoms with E-state index in [1.807, 2.05) is 48.5 Å². The molecule has 2 aromatic carbocycles. The molecule has 4 aromatic rings. The average molecular weight is 416 g/mol. The van der Waals surface area contributed by atoms with Crippen LogP contribution >= 0.6 is 0 Å². The Hall–Kier alpha value is -4.07. The van der Waals surface area contributed by atoms with Gasteiger partial charge in [0, 0.05) is 30.9 Å². The summed E-state index contributed by atoms with van der Waals surface area (Å²) >= 11 is 0. The number of benzene rings is 2. The molecule has 156 valence electrons. The molecule has 1 amide bonds. The van der Waals surface area contributed by atoms with E-state index >= 15 is 0 Å². The van der Waals surface area contributed by atoms with E-state index in [0.717, 1.165) is 15.7 Å². The summed E-state index contributed by atoms with van der Waals surface area (Å²) in [4.78, 5) is 42.1. The predicted molar refractivity (Wildman–Crippen MR) is 118 cm³/mol. The topological polar surface area (TPSA) is 98.1 Å². The van der Waals surface area contributed by atoms with E-state index in [0.29, 0.717) is 33.7 Å². The number of aromatic amines is 1. The normalized spacial score (nSPS) is 15.2. The quantitative estimate of drug-likeness (QED) is 0.536. The van der Waals surface area contributed by atoms with E-state index in [9.17, 15) is 14.4 Å². The van der Waals surface area contributed by atoms with Crippen molar-refractivity contribution < 1.29 is 9.53 Å². The Kier molecular flexibility index (Phi) is 4.11. The summed E-state index contributed by atoms with van der Waals surface area (Å²) in [7, 11) is 4.61. The first-order chi connectivity index (χ1) is 14.9. The molecule has 0 radical (unpaired) electrons. The van der Waals surface area contributed by atoms with Crippen LogP contribution in [0, 0.1) is 0 Å². The van der Waals surface area contributed by atoms with Crippen LogP contribution in [-0.4, -0.2) is 27.1 Å². The number of carbonyl (C=O) groups excluding carboxylic acids is 1. The van der Waals surface area contributed by atoms with Crippen molar-refractivity contribution in [1.82, 2.24) is 14.1 Å². The van der Waals surface area contributed by atoms with E-state index in [4.69, 9.17) is 4.74 Å². The van der Waals surface area contributed by atoms with Crippen LogP contribution in [0.15, 0.2) is 58.1 Å². The molecule has 3 heterocycles. The van der Waals surface area contributed by atoms with Gasteiger partial charge in [-0.1, -0.05) is 30.3 Å². The molecule has 0 saturated heterocycles. The second-order valence-electron chi connectivity index (χ2n) is 7.58. The highest BCUT2D eigenvalue weighted by Gasteiger charge is 2.37. The summed E-state index contributed by atoms with van der Waals surface area (Å²) in [5.74, 6) is -0.279. The summed E-state index contributed by atoms with van der Waals surface area (Å²) in [6.07, 6.45) is 0. The summed E-state index contributed by atoms with van der Waals surface area (Å²) in [5, 5.41) is 3.23. The molecule has 1 atom stereocenters. The number of rotatable bonds is 3. The van der Waals surface area contributed by atoms with Crippen molar-refractivity contribution >= 4 is 22.6 Å². The van der Waals surface area contributed by atoms with Crippen molar-refractivity contribution in [3.05, 3.63) is 80.5 Å². The Morgan fingerprint density at radius 3 is 2.52 bits per heavy atom. The van der Waals surface area contributed by atoms with Gasteiger partial charge in [0.05, 0.1) is 24.1 Å². The van der Waals surface area contributed by atoms with Crippen molar-refractivity contribution in [3.8, 4) is 17.0 Å². The minimum absolute atomic E-state index is 0.220. The Bertz CT molecular complexity index is 1490. The smallest absolute Gasteiger partial charge is 0.332 e. The van der Waals surface area contributed by atoms with Crippen molar-refractivity contribution in [2.24, 2.45) is 14.1 Å². The van der Waals surface area contributed by atoms with Crippen molar-refractivity contribution in [2.75, 3.05) is 12.4 Å². The molecule has 0 unspecified atom stereocenters. The number of carbonyl (C=O) groups is 1. The first kappa shape index (κ1) is 18.9. The predicted octanol–water partition coefficient (Wildman–Crippen LogP) is 2.32. The standard InChI is InChI=1S/C23H20N4O4/c1-26-20-18(22(29)27(2)23(26)30)17(16-14-9-4-5-10-15(14)24-21(16)28)19(25-20)12-7-6-8-13(11-12)31-3/h4-11,16,25H,1-3H3,(H,24,28)/t16-/m1/s1. The highest BCUT2D eigenvalue weighted by molar-refractivity contribution is 6.08. The third kappa shape index (κ3) is 2.64. The number of aryl methyl sites for hydroxylation is 1. The molecular weight excluding hydrogens is 396 g/mol. The van der Waals surface area contributed by atoms with Crippen molar-refractivity contribution in [1.29, 1.82) is 0 Å². The van der Waals surface area contributed by atoms with Gasteiger partial charge in [-0.25, -0.2) is 4.79 Å². The zero-order valence-electron chi connectivity index (χ0n) is 17.2. The first-order valence-corrected chi connectivity index (χ1v) is 9.78. The van der Waals surface area contributed by atoms with E-state index in [1.54, 1.807) is 14.2 Å². The SMILES string of the molecule is COc1cccc(-c2[nH]c3c(c2[C@@H]2C(=O)Nc4ccccc42)c(=O)n(C)c(=O)n3C)c1. The molecule has 31 heavy (non-hydrogen) atoms. The lowest BCUT2D eigenvalue weighted by atomic mass is 9.89. The van der Waals surface area contributed by atoms with Crippen LogP contribution < -0.4 is 21.3 Å². The highest BCUT2D eigenvalue weighted by atomic mass is 16.5. The third-order valence-electron chi connectivity index (χ3n) is 5.89. The lowest BCUT2D eigenvalue weighted by Crippen LogP contribution is -2.37. The maximum Gasteiger partial charge on any atom is 0.332 e. The van der Waals surface area contributed by atoms with E-state index in [-0.39, 0.29) is 5.91 Å². The van der Waals surface area contributed by atoms with Crippen LogP contribution in [0.5, 0.6) is 5.75 Å². The van der Waals surface area contributed by atoms with Crippen molar-refractivity contribution in [2.45, 2.75) is 5.92 Å². The van der Waals surface area contributed by atoms with Gasteiger partial charge in [-0.2, -0.15) is 0 Å². The fraction of sp³-hybridized carbons (Fsp3) is 0.174. The van der Waals surface area contributed by atoms with E-state index < -0.39 is 17.2 Å². The van der Waals surface area contributed by atoms with Crippen LogP contribution in [0.1, 0.15) is 17.0 Å². The van der Waals surface area contributed by atoms with Crippen LogP contribution in [0.25, 0.3) is 22.3 Å². The average Bonchev–Trinajstić information content (AvgIpc) is 3.33. The summed E-state index contributed by atoms with van der Waals surface area (Å²) < 4.78 is 7.82. The van der Waals surface area contributed by atoms with Crippen LogP contribution in [0.2, 0.25) is 0 Å². The molecule has 1 aliphatic rings. The molecule has 8 heteroatoms. The number of hydrogen-bond acceptors (Lipinski definition) is 4. The first-order valence-electron chi connectivity index (χ1n) is 9.78. The van der Waals surface area contributed by atoms with Gasteiger partial charge in [0.1, 0.15) is 11.4 Å². The highest BCUT2D eigenvalue weighted by Crippen LogP contribution is 2.43. The summed E-state index contributed by atoms with van der Waals surface area (Å²) in [5.41, 5.74) is 2.87. The fourth-order valence-corrected chi connectivity index (χ4v) is 4.33. The Morgan fingerprint density at radius 1 is 0.968 bits per heavy atom. The number of para-hydroxylation sites is 1. The number of fused-ring (bicyclic) bond motifs is 2. The summed E-state index contributed by atoms with van der Waals surface area (Å²) in [6.45, 7) is 0. The molecule has 2 N–H and O–H groups in total. The number of H-pyrrole nitrogens is 1. The molecule has 0 fully saturated rings. The lowest BCUT2D eigenvalue weighted by molar-refractivity contribution is -0.116. The summed E-state index contributed by atoms with van der Waals surface area (Å²) in [6, 6.07) is 14.8. The van der Waals surface area contributed by atoms with Gasteiger partial charge in [-0.3, -0.25) is 18.7 Å². The van der Waals surface area contributed by atoms with Gasteiger partial charge in [0.15, 0.2) is 0 Å². The second-order valence-corrected chi connectivity index (χ2v) is 7.58. The zero-order valence-corrected chi connectivity index (χ0v) is 17.2. The van der Waals surface area contributed by atoms with Gasteiger partial charge in [-0.15, -0.1) is 0 Å². The van der Waals surface area contributed by atoms with Crippen molar-refractivity contribution in [3.63, 3.8) is 0 Å². The second kappa shape index (κ2) is 6.73. The molecular formula is C23H20N4O4. The molecule has 5 rings (SSSR count). The number of aromatic nitrogens is 3. The fourth-order valence-electron chi connectivity index (χ4n) is 4.33. The number of ether oxygens (including phenoxy) is 1. The molecule has 1 aliphatic heterocycles. The van der Waals surface area contributed by atoms with Gasteiger partial charge in [0.25, 0.3) is 5.56 Å². The van der Waals surface area contributed by atoms with E-state index in [1.165, 1.54) is 11.6 Å². The Balaban J connectivity index is 1.93. The lowest BCUT2D eigenvalue weighted by Gasteiger charge is -2.12. The molecule has 0 aliphatic carbocycles. The Morgan fingerprint density at radius 2 is 1.74 bits per heavy atom. The number of nitrogens with one attached hydrogen (secondary N) is 2. The molecule has 8 nitrogen and oxygen atoms in total. The maximum atomic E-state index is 13.2. The Labute approximate surface area is 176 Å². The molecule has 0 bridgehead atoms. The van der Waals surface area contributed by atoms with Gasteiger partial charge < -0.3 is 15.0 Å². The van der Waals surface area contributed by atoms with Gasteiger partial charge in [-0.05, 0) is 23.8 Å². The minimum atomic E-state index is -0.698. The molecule has 2 aromatic heterocycles. The number of nitrogens with zero attached hydrogens (tertiary/aromatic N) is 2. The monoisotopic (exact) mass is 416 g/mol. The van der Waals surface area contributed by atoms with Gasteiger partial charge in [0.2, 0.25) is 5.91 Å². The number of anilines is 1. The van der Waals surface area contributed by atoms with E-state index in [2.05, 4.69) is 10.3 Å². The van der Waals surface area contributed by atoms with Crippen LogP contribution in [0.3, 0.4) is 0 Å². The minimum Gasteiger partial charge on any atom is -0.497 e. The van der Waals surface area contributed by atoms with Gasteiger partial charge >= 0.3 is 5.69 Å².